The Morgan fingerprint density at radius 3 is 2.94 bits per heavy atom. The number of carbonyl (C=O) groups excluding carboxylic acids is 1. The van der Waals surface area contributed by atoms with Crippen molar-refractivity contribution in [3.05, 3.63) is 47.2 Å². The first kappa shape index (κ1) is 21.7. The van der Waals surface area contributed by atoms with Crippen molar-refractivity contribution in [2.45, 2.75) is 37.3 Å². The van der Waals surface area contributed by atoms with Crippen molar-refractivity contribution in [1.29, 1.82) is 0 Å². The third kappa shape index (κ3) is 4.70. The molecule has 1 saturated heterocycles. The monoisotopic (exact) mass is 460 g/mol. The van der Waals surface area contributed by atoms with Gasteiger partial charge >= 0.3 is 0 Å². The number of hydrogen-bond acceptors (Lipinski definition) is 7. The van der Waals surface area contributed by atoms with Crippen molar-refractivity contribution >= 4 is 33.0 Å². The van der Waals surface area contributed by atoms with Crippen LogP contribution in [-0.4, -0.2) is 41.9 Å². The molecule has 1 unspecified atom stereocenters. The van der Waals surface area contributed by atoms with Crippen LogP contribution < -0.4 is 5.32 Å². The van der Waals surface area contributed by atoms with E-state index in [2.05, 4.69) is 15.5 Å². The van der Waals surface area contributed by atoms with Crippen LogP contribution in [0.15, 0.2) is 44.4 Å². The standard InChI is InChI=1S/C21H24N4O4S2/c1-3-18-23-20(24-29-18)16-11-19(30-13-16)31(27,28)25-9-5-7-15(12-25)21(26)22-17-8-4-6-14(2)10-17/h4,6,8,10-11,13,15H,3,5,7,9,12H2,1-2H3,(H,22,26). The number of amides is 1. The molecule has 0 aliphatic carbocycles. The lowest BCUT2D eigenvalue weighted by Gasteiger charge is -2.30. The van der Waals surface area contributed by atoms with E-state index in [1.165, 1.54) is 4.31 Å². The number of aryl methyl sites for hydroxylation is 2. The van der Waals surface area contributed by atoms with Gasteiger partial charge in [-0.2, -0.15) is 9.29 Å². The van der Waals surface area contributed by atoms with Crippen molar-refractivity contribution in [3.63, 3.8) is 0 Å². The average molecular weight is 461 g/mol. The van der Waals surface area contributed by atoms with Crippen LogP contribution in [0, 0.1) is 12.8 Å². The first-order valence-corrected chi connectivity index (χ1v) is 12.5. The fourth-order valence-corrected chi connectivity index (χ4v) is 6.39. The predicted octanol–water partition coefficient (Wildman–Crippen LogP) is 3.71. The van der Waals surface area contributed by atoms with E-state index in [1.807, 2.05) is 38.1 Å². The number of aromatic nitrogens is 2. The molecule has 0 bridgehead atoms. The van der Waals surface area contributed by atoms with Crippen LogP contribution in [0.25, 0.3) is 11.4 Å². The molecule has 164 valence electrons. The molecule has 10 heteroatoms. The molecule has 4 rings (SSSR count). The van der Waals surface area contributed by atoms with Crippen LogP contribution in [0.3, 0.4) is 0 Å². The summed E-state index contributed by atoms with van der Waals surface area (Å²) in [5, 5.41) is 8.53. The number of nitrogens with zero attached hydrogens (tertiary/aromatic N) is 3. The minimum atomic E-state index is -3.71. The molecule has 1 aliphatic heterocycles. The molecule has 1 atom stereocenters. The van der Waals surface area contributed by atoms with Gasteiger partial charge in [0, 0.05) is 36.1 Å². The van der Waals surface area contributed by atoms with Crippen molar-refractivity contribution in [1.82, 2.24) is 14.4 Å². The summed E-state index contributed by atoms with van der Waals surface area (Å²) in [4.78, 5) is 17.0. The van der Waals surface area contributed by atoms with Gasteiger partial charge in [0.05, 0.1) is 5.92 Å². The summed E-state index contributed by atoms with van der Waals surface area (Å²) in [5.74, 6) is 0.330. The SMILES string of the molecule is CCc1nc(-c2csc(S(=O)(=O)N3CCCC(C(=O)Nc4cccc(C)c4)C3)c2)no1. The topological polar surface area (TPSA) is 105 Å². The molecule has 31 heavy (non-hydrogen) atoms. The predicted molar refractivity (Wildman–Crippen MR) is 118 cm³/mol. The number of anilines is 1. The van der Waals surface area contributed by atoms with E-state index in [0.717, 1.165) is 22.6 Å². The van der Waals surface area contributed by atoms with E-state index in [0.29, 0.717) is 43.1 Å². The van der Waals surface area contributed by atoms with Crippen LogP contribution in [-0.2, 0) is 21.2 Å². The zero-order valence-electron chi connectivity index (χ0n) is 17.4. The summed E-state index contributed by atoms with van der Waals surface area (Å²) in [6.07, 6.45) is 1.90. The summed E-state index contributed by atoms with van der Waals surface area (Å²) in [5.41, 5.74) is 2.38. The van der Waals surface area contributed by atoms with Gasteiger partial charge in [0.15, 0.2) is 0 Å². The second kappa shape index (κ2) is 8.89. The summed E-state index contributed by atoms with van der Waals surface area (Å²) in [7, 11) is -3.71. The van der Waals surface area contributed by atoms with E-state index < -0.39 is 15.9 Å². The van der Waals surface area contributed by atoms with Gasteiger partial charge in [-0.1, -0.05) is 24.2 Å². The maximum Gasteiger partial charge on any atom is 0.252 e. The van der Waals surface area contributed by atoms with Gasteiger partial charge in [-0.15, -0.1) is 11.3 Å². The zero-order chi connectivity index (χ0) is 22.0. The number of benzene rings is 1. The average Bonchev–Trinajstić information content (AvgIpc) is 3.43. The highest BCUT2D eigenvalue weighted by atomic mass is 32.2. The lowest BCUT2D eigenvalue weighted by molar-refractivity contribution is -0.120. The summed E-state index contributed by atoms with van der Waals surface area (Å²) in [6.45, 7) is 4.42. The quantitative estimate of drug-likeness (QED) is 0.601. The van der Waals surface area contributed by atoms with Crippen LogP contribution >= 0.6 is 11.3 Å². The number of hydrogen-bond donors (Lipinski definition) is 1. The maximum absolute atomic E-state index is 13.2. The number of rotatable bonds is 6. The first-order valence-electron chi connectivity index (χ1n) is 10.2. The van der Waals surface area contributed by atoms with Gasteiger partial charge in [0.25, 0.3) is 10.0 Å². The summed E-state index contributed by atoms with van der Waals surface area (Å²) in [6, 6.07) is 9.13. The molecule has 0 spiro atoms. The Morgan fingerprint density at radius 1 is 1.35 bits per heavy atom. The third-order valence-electron chi connectivity index (χ3n) is 5.24. The molecule has 2 aromatic heterocycles. The maximum atomic E-state index is 13.2. The number of sulfonamides is 1. The highest BCUT2D eigenvalue weighted by molar-refractivity contribution is 7.91. The van der Waals surface area contributed by atoms with Gasteiger partial charge in [0.2, 0.25) is 17.6 Å². The Kier molecular flexibility index (Phi) is 6.22. The molecule has 3 aromatic rings. The zero-order valence-corrected chi connectivity index (χ0v) is 19.0. The molecule has 0 saturated carbocycles. The molecule has 0 radical (unpaired) electrons. The molecule has 3 heterocycles. The second-order valence-electron chi connectivity index (χ2n) is 7.58. The van der Waals surface area contributed by atoms with Crippen LogP contribution in [0.5, 0.6) is 0 Å². The van der Waals surface area contributed by atoms with Gasteiger partial charge in [-0.05, 0) is 43.5 Å². The van der Waals surface area contributed by atoms with Crippen molar-refractivity contribution in [2.75, 3.05) is 18.4 Å². The van der Waals surface area contributed by atoms with Gasteiger partial charge in [0.1, 0.15) is 4.21 Å². The molecular formula is C21H24N4O4S2. The van der Waals surface area contributed by atoms with E-state index >= 15 is 0 Å². The van der Waals surface area contributed by atoms with E-state index in [1.54, 1.807) is 11.4 Å². The molecule has 1 aromatic carbocycles. The van der Waals surface area contributed by atoms with Crippen LogP contribution in [0.4, 0.5) is 5.69 Å². The Balaban J connectivity index is 1.47. The number of thiophene rings is 1. The van der Waals surface area contributed by atoms with Crippen molar-refractivity contribution in [3.8, 4) is 11.4 Å². The lowest BCUT2D eigenvalue weighted by Crippen LogP contribution is -2.43. The molecule has 1 amide bonds. The number of piperidine rings is 1. The van der Waals surface area contributed by atoms with Crippen molar-refractivity contribution < 1.29 is 17.7 Å². The largest absolute Gasteiger partial charge is 0.339 e. The first-order chi connectivity index (χ1) is 14.9. The Bertz CT molecular complexity index is 1190. The Morgan fingerprint density at radius 2 is 2.19 bits per heavy atom. The Hall–Kier alpha value is -2.56. The fourth-order valence-electron chi connectivity index (χ4n) is 3.55. The van der Waals surface area contributed by atoms with E-state index in [-0.39, 0.29) is 16.7 Å². The van der Waals surface area contributed by atoms with Crippen LogP contribution in [0.1, 0.15) is 31.2 Å². The highest BCUT2D eigenvalue weighted by Gasteiger charge is 2.34. The van der Waals surface area contributed by atoms with Gasteiger partial charge in [-0.3, -0.25) is 4.79 Å². The second-order valence-corrected chi connectivity index (χ2v) is 10.7. The van der Waals surface area contributed by atoms with Gasteiger partial charge in [-0.25, -0.2) is 8.42 Å². The molecule has 8 nitrogen and oxygen atoms in total. The highest BCUT2D eigenvalue weighted by Crippen LogP contribution is 2.31. The number of carbonyl (C=O) groups is 1. The normalized spacial score (nSPS) is 17.5. The molecule has 1 aliphatic rings. The number of nitrogens with one attached hydrogen (secondary N) is 1. The minimum absolute atomic E-state index is 0.156. The molecular weight excluding hydrogens is 436 g/mol. The Labute approximate surface area is 185 Å². The summed E-state index contributed by atoms with van der Waals surface area (Å²) < 4.78 is 33.1. The molecule has 1 fully saturated rings. The smallest absolute Gasteiger partial charge is 0.252 e. The van der Waals surface area contributed by atoms with E-state index in [9.17, 15) is 13.2 Å². The van der Waals surface area contributed by atoms with Gasteiger partial charge < -0.3 is 9.84 Å². The third-order valence-corrected chi connectivity index (χ3v) is 8.52. The lowest BCUT2D eigenvalue weighted by atomic mass is 9.98. The fraction of sp³-hybridized carbons (Fsp3) is 0.381. The minimum Gasteiger partial charge on any atom is -0.339 e. The van der Waals surface area contributed by atoms with Crippen LogP contribution in [0.2, 0.25) is 0 Å². The molecule has 1 N–H and O–H groups in total. The van der Waals surface area contributed by atoms with Crippen molar-refractivity contribution in [2.24, 2.45) is 5.92 Å². The summed E-state index contributed by atoms with van der Waals surface area (Å²) >= 11 is 1.12. The van der Waals surface area contributed by atoms with E-state index in [4.69, 9.17) is 4.52 Å².